The highest BCUT2D eigenvalue weighted by Gasteiger charge is 2.35. The van der Waals surface area contributed by atoms with Gasteiger partial charge in [-0.05, 0) is 36.7 Å². The molecular weight excluding hydrogens is 244 g/mol. The number of thiophene rings is 1. The van der Waals surface area contributed by atoms with Gasteiger partial charge in [0.05, 0.1) is 10.6 Å². The van der Waals surface area contributed by atoms with Crippen molar-refractivity contribution in [3.05, 3.63) is 16.0 Å². The number of rotatable bonds is 3. The number of nitrogens with one attached hydrogen (secondary N) is 1. The van der Waals surface area contributed by atoms with E-state index in [0.717, 1.165) is 24.8 Å². The predicted molar refractivity (Wildman–Crippen MR) is 77.3 cm³/mol. The minimum Gasteiger partial charge on any atom is -0.390 e. The first-order chi connectivity index (χ1) is 8.47. The molecule has 0 atom stereocenters. The van der Waals surface area contributed by atoms with E-state index in [4.69, 9.17) is 5.73 Å². The fourth-order valence-corrected chi connectivity index (χ4v) is 4.05. The van der Waals surface area contributed by atoms with Crippen LogP contribution in [0.15, 0.2) is 0 Å². The predicted octanol–water partition coefficient (Wildman–Crippen LogP) is 3.08. The number of nitrogens with two attached hydrogens (primary N) is 1. The summed E-state index contributed by atoms with van der Waals surface area (Å²) in [5, 5.41) is 3.64. The van der Waals surface area contributed by atoms with E-state index in [9.17, 15) is 4.79 Å². The van der Waals surface area contributed by atoms with E-state index in [0.29, 0.717) is 11.5 Å². The van der Waals surface area contributed by atoms with Gasteiger partial charge in [0, 0.05) is 11.4 Å². The summed E-state index contributed by atoms with van der Waals surface area (Å²) >= 11 is 1.60. The molecule has 2 rings (SSSR count). The monoisotopic (exact) mass is 266 g/mol. The standard InChI is InChI=1S/C14H22N2OS/c1-4-8-16-13(17)10-11-9(18-12(10)15)6-5-7-14(11,2)3/h4-8,15H2,1-3H3,(H,16,17). The van der Waals surface area contributed by atoms with E-state index in [-0.39, 0.29) is 11.3 Å². The van der Waals surface area contributed by atoms with Crippen molar-refractivity contribution in [2.75, 3.05) is 12.3 Å². The molecule has 0 saturated heterocycles. The minimum atomic E-state index is 0.00169. The smallest absolute Gasteiger partial charge is 0.254 e. The molecule has 0 aromatic carbocycles. The summed E-state index contributed by atoms with van der Waals surface area (Å²) in [4.78, 5) is 13.6. The van der Waals surface area contributed by atoms with Gasteiger partial charge in [0.2, 0.25) is 0 Å². The lowest BCUT2D eigenvalue weighted by molar-refractivity contribution is 0.0952. The zero-order valence-corrected chi connectivity index (χ0v) is 12.2. The van der Waals surface area contributed by atoms with Gasteiger partial charge in [-0.2, -0.15) is 0 Å². The summed E-state index contributed by atoms with van der Waals surface area (Å²) in [6, 6.07) is 0. The van der Waals surface area contributed by atoms with Crippen molar-refractivity contribution in [2.45, 2.75) is 51.9 Å². The molecule has 1 heterocycles. The largest absolute Gasteiger partial charge is 0.390 e. The molecule has 1 aromatic heterocycles. The molecule has 0 aliphatic heterocycles. The van der Waals surface area contributed by atoms with Gasteiger partial charge in [-0.3, -0.25) is 4.79 Å². The number of hydrogen-bond acceptors (Lipinski definition) is 3. The Morgan fingerprint density at radius 2 is 2.22 bits per heavy atom. The van der Waals surface area contributed by atoms with Gasteiger partial charge in [-0.1, -0.05) is 20.8 Å². The summed E-state index contributed by atoms with van der Waals surface area (Å²) in [6.45, 7) is 7.20. The van der Waals surface area contributed by atoms with Gasteiger partial charge in [-0.25, -0.2) is 0 Å². The summed E-state index contributed by atoms with van der Waals surface area (Å²) in [5.74, 6) is 0.00169. The molecule has 3 nitrogen and oxygen atoms in total. The van der Waals surface area contributed by atoms with Gasteiger partial charge < -0.3 is 11.1 Å². The van der Waals surface area contributed by atoms with Crippen molar-refractivity contribution in [1.29, 1.82) is 0 Å². The first-order valence-electron chi connectivity index (χ1n) is 6.67. The van der Waals surface area contributed by atoms with E-state index < -0.39 is 0 Å². The fourth-order valence-electron chi connectivity index (χ4n) is 2.76. The van der Waals surface area contributed by atoms with Crippen LogP contribution in [0.3, 0.4) is 0 Å². The zero-order chi connectivity index (χ0) is 13.3. The summed E-state index contributed by atoms with van der Waals surface area (Å²) in [7, 11) is 0. The van der Waals surface area contributed by atoms with Crippen LogP contribution in [0.1, 0.15) is 60.8 Å². The Hall–Kier alpha value is -1.03. The molecule has 100 valence electrons. The number of nitrogen functional groups attached to an aromatic ring is 1. The molecule has 1 aliphatic carbocycles. The maximum Gasteiger partial charge on any atom is 0.254 e. The highest BCUT2D eigenvalue weighted by atomic mass is 32.1. The van der Waals surface area contributed by atoms with Crippen molar-refractivity contribution in [1.82, 2.24) is 5.32 Å². The number of amides is 1. The molecule has 0 fully saturated rings. The molecule has 0 spiro atoms. The molecular formula is C14H22N2OS. The quantitative estimate of drug-likeness (QED) is 0.883. The number of anilines is 1. The normalized spacial score (nSPS) is 17.3. The first kappa shape index (κ1) is 13.4. The van der Waals surface area contributed by atoms with Crippen LogP contribution in [0.4, 0.5) is 5.00 Å². The second-order valence-corrected chi connectivity index (χ2v) is 6.77. The van der Waals surface area contributed by atoms with Crippen molar-refractivity contribution in [3.8, 4) is 0 Å². The van der Waals surface area contributed by atoms with Crippen molar-refractivity contribution in [2.24, 2.45) is 0 Å². The molecule has 0 bridgehead atoms. The highest BCUT2D eigenvalue weighted by molar-refractivity contribution is 7.16. The van der Waals surface area contributed by atoms with Crippen LogP contribution in [0.2, 0.25) is 0 Å². The lowest BCUT2D eigenvalue weighted by Crippen LogP contribution is -2.30. The Bertz CT molecular complexity index is 463. The summed E-state index contributed by atoms with van der Waals surface area (Å²) < 4.78 is 0. The highest BCUT2D eigenvalue weighted by Crippen LogP contribution is 2.45. The Morgan fingerprint density at radius 1 is 1.50 bits per heavy atom. The third-order valence-electron chi connectivity index (χ3n) is 3.65. The first-order valence-corrected chi connectivity index (χ1v) is 7.49. The van der Waals surface area contributed by atoms with Crippen LogP contribution in [-0.2, 0) is 11.8 Å². The molecule has 1 amide bonds. The number of carbonyl (C=O) groups is 1. The molecule has 4 heteroatoms. The van der Waals surface area contributed by atoms with E-state index in [1.165, 1.54) is 16.9 Å². The maximum atomic E-state index is 12.3. The van der Waals surface area contributed by atoms with Crippen LogP contribution in [0.5, 0.6) is 0 Å². The Labute approximate surface area is 113 Å². The van der Waals surface area contributed by atoms with Crippen LogP contribution >= 0.6 is 11.3 Å². The van der Waals surface area contributed by atoms with Crippen molar-refractivity contribution in [3.63, 3.8) is 0 Å². The van der Waals surface area contributed by atoms with E-state index in [1.807, 2.05) is 0 Å². The van der Waals surface area contributed by atoms with Crippen LogP contribution < -0.4 is 11.1 Å². The number of carbonyl (C=O) groups excluding carboxylic acids is 1. The number of fused-ring (bicyclic) bond motifs is 1. The summed E-state index contributed by atoms with van der Waals surface area (Å²) in [5.41, 5.74) is 8.09. The fraction of sp³-hybridized carbons (Fsp3) is 0.643. The lowest BCUT2D eigenvalue weighted by atomic mass is 9.74. The van der Waals surface area contributed by atoms with Crippen LogP contribution in [0, 0.1) is 0 Å². The maximum absolute atomic E-state index is 12.3. The number of hydrogen-bond donors (Lipinski definition) is 2. The second kappa shape index (κ2) is 4.92. The van der Waals surface area contributed by atoms with E-state index in [2.05, 4.69) is 26.1 Å². The van der Waals surface area contributed by atoms with Crippen molar-refractivity contribution >= 4 is 22.2 Å². The average Bonchev–Trinajstić information content (AvgIpc) is 2.63. The molecule has 0 saturated carbocycles. The molecule has 0 unspecified atom stereocenters. The van der Waals surface area contributed by atoms with Gasteiger partial charge in [0.15, 0.2) is 0 Å². The van der Waals surface area contributed by atoms with Crippen molar-refractivity contribution < 1.29 is 4.79 Å². The van der Waals surface area contributed by atoms with Crippen LogP contribution in [-0.4, -0.2) is 12.5 Å². The average molecular weight is 266 g/mol. The SMILES string of the molecule is CCCNC(=O)c1c(N)sc2c1C(C)(C)CCC2. The van der Waals surface area contributed by atoms with E-state index >= 15 is 0 Å². The summed E-state index contributed by atoms with van der Waals surface area (Å²) in [6.07, 6.45) is 4.33. The van der Waals surface area contributed by atoms with Gasteiger partial charge >= 0.3 is 0 Å². The van der Waals surface area contributed by atoms with Gasteiger partial charge in [0.25, 0.3) is 5.91 Å². The molecule has 18 heavy (non-hydrogen) atoms. The third-order valence-corrected chi connectivity index (χ3v) is 4.73. The second-order valence-electron chi connectivity index (χ2n) is 5.63. The van der Waals surface area contributed by atoms with Gasteiger partial charge in [-0.15, -0.1) is 11.3 Å². The van der Waals surface area contributed by atoms with Gasteiger partial charge in [0.1, 0.15) is 0 Å². The topological polar surface area (TPSA) is 55.1 Å². The van der Waals surface area contributed by atoms with E-state index in [1.54, 1.807) is 11.3 Å². The Balaban J connectivity index is 2.42. The lowest BCUT2D eigenvalue weighted by Gasteiger charge is -2.31. The Kier molecular flexibility index (Phi) is 3.66. The molecule has 1 aromatic rings. The minimum absolute atomic E-state index is 0.00169. The Morgan fingerprint density at radius 3 is 2.89 bits per heavy atom. The molecule has 1 aliphatic rings. The zero-order valence-electron chi connectivity index (χ0n) is 11.4. The number of aryl methyl sites for hydroxylation is 1. The van der Waals surface area contributed by atoms with Crippen LogP contribution in [0.25, 0.3) is 0 Å². The third kappa shape index (κ3) is 2.26. The molecule has 0 radical (unpaired) electrons. The molecule has 3 N–H and O–H groups in total.